The Balaban J connectivity index is 1.86. The average molecular weight is 244 g/mol. The molecule has 0 saturated heterocycles. The number of rotatable bonds is 2. The molecule has 98 valence electrons. The van der Waals surface area contributed by atoms with Crippen LogP contribution in [-0.2, 0) is 5.41 Å². The van der Waals surface area contributed by atoms with Gasteiger partial charge in [-0.3, -0.25) is 0 Å². The summed E-state index contributed by atoms with van der Waals surface area (Å²) in [5.41, 5.74) is 2.99. The normalized spacial score (nSPS) is 35.1. The summed E-state index contributed by atoms with van der Waals surface area (Å²) in [5, 5.41) is 10.3. The van der Waals surface area contributed by atoms with E-state index in [0.29, 0.717) is 11.3 Å². The van der Waals surface area contributed by atoms with Crippen LogP contribution in [0.3, 0.4) is 0 Å². The molecular formula is C17H24O. The molecule has 1 aromatic carbocycles. The zero-order valence-corrected chi connectivity index (χ0v) is 11.6. The van der Waals surface area contributed by atoms with Crippen LogP contribution in [0.15, 0.2) is 24.3 Å². The van der Waals surface area contributed by atoms with Gasteiger partial charge < -0.3 is 5.11 Å². The van der Waals surface area contributed by atoms with Crippen LogP contribution >= 0.6 is 0 Å². The van der Waals surface area contributed by atoms with Crippen LogP contribution < -0.4 is 0 Å². The van der Waals surface area contributed by atoms with Crippen molar-refractivity contribution in [2.24, 2.45) is 0 Å². The van der Waals surface area contributed by atoms with Crippen molar-refractivity contribution in [1.29, 1.82) is 0 Å². The minimum Gasteiger partial charge on any atom is -0.390 e. The van der Waals surface area contributed by atoms with Crippen LogP contribution in [-0.4, -0.2) is 10.7 Å². The first-order valence-corrected chi connectivity index (χ1v) is 7.36. The van der Waals surface area contributed by atoms with Gasteiger partial charge in [-0.15, -0.1) is 0 Å². The van der Waals surface area contributed by atoms with E-state index < -0.39 is 0 Å². The first-order valence-electron chi connectivity index (χ1n) is 7.36. The molecule has 0 heterocycles. The molecule has 0 aliphatic heterocycles. The second kappa shape index (κ2) is 4.09. The van der Waals surface area contributed by atoms with Crippen LogP contribution in [0.25, 0.3) is 0 Å². The van der Waals surface area contributed by atoms with Crippen molar-refractivity contribution in [3.63, 3.8) is 0 Å². The van der Waals surface area contributed by atoms with Crippen LogP contribution in [0.4, 0.5) is 0 Å². The maximum atomic E-state index is 10.3. The van der Waals surface area contributed by atoms with Gasteiger partial charge in [0.2, 0.25) is 0 Å². The standard InChI is InChI=1S/C17H24O/c1-13(2)14-3-5-15(6-4-14)16-7-10-17(18,11-8-16)12-9-16/h3-6,13,18H,7-12H2,1-2H3. The lowest BCUT2D eigenvalue weighted by Crippen LogP contribution is -2.48. The van der Waals surface area contributed by atoms with Gasteiger partial charge in [-0.05, 0) is 61.0 Å². The van der Waals surface area contributed by atoms with Gasteiger partial charge in [-0.25, -0.2) is 0 Å². The lowest BCUT2D eigenvalue weighted by molar-refractivity contribution is -0.0660. The van der Waals surface area contributed by atoms with Gasteiger partial charge in [0, 0.05) is 0 Å². The second-order valence-electron chi connectivity index (χ2n) is 6.78. The molecule has 0 spiro atoms. The van der Waals surface area contributed by atoms with E-state index in [4.69, 9.17) is 0 Å². The predicted molar refractivity (Wildman–Crippen MR) is 74.9 cm³/mol. The zero-order chi connectivity index (χ0) is 12.8. The molecule has 0 amide bonds. The maximum Gasteiger partial charge on any atom is 0.0648 e. The van der Waals surface area contributed by atoms with Crippen molar-refractivity contribution < 1.29 is 5.11 Å². The SMILES string of the molecule is CC(C)c1ccc(C23CCC(O)(CC2)CC3)cc1. The molecule has 1 heteroatoms. The molecule has 0 atom stereocenters. The van der Waals surface area contributed by atoms with Gasteiger partial charge in [0.05, 0.1) is 5.60 Å². The Morgan fingerprint density at radius 3 is 1.83 bits per heavy atom. The van der Waals surface area contributed by atoms with Crippen molar-refractivity contribution in [3.05, 3.63) is 35.4 Å². The van der Waals surface area contributed by atoms with Crippen molar-refractivity contribution in [2.75, 3.05) is 0 Å². The molecule has 18 heavy (non-hydrogen) atoms. The fourth-order valence-corrected chi connectivity index (χ4v) is 3.82. The highest BCUT2D eigenvalue weighted by Gasteiger charge is 2.48. The molecule has 0 aromatic heterocycles. The Morgan fingerprint density at radius 1 is 0.889 bits per heavy atom. The third-order valence-electron chi connectivity index (χ3n) is 5.40. The van der Waals surface area contributed by atoms with Gasteiger partial charge in [0.1, 0.15) is 0 Å². The number of aliphatic hydroxyl groups is 1. The number of hydrogen-bond donors (Lipinski definition) is 1. The Hall–Kier alpha value is -0.820. The number of fused-ring (bicyclic) bond motifs is 3. The van der Waals surface area contributed by atoms with E-state index in [-0.39, 0.29) is 5.60 Å². The molecule has 3 saturated carbocycles. The lowest BCUT2D eigenvalue weighted by atomic mass is 9.56. The molecule has 4 rings (SSSR count). The largest absolute Gasteiger partial charge is 0.390 e. The number of hydrogen-bond acceptors (Lipinski definition) is 1. The summed E-state index contributed by atoms with van der Waals surface area (Å²) in [6, 6.07) is 9.27. The summed E-state index contributed by atoms with van der Waals surface area (Å²) >= 11 is 0. The first-order chi connectivity index (χ1) is 8.53. The van der Waals surface area contributed by atoms with E-state index in [1.807, 2.05) is 0 Å². The van der Waals surface area contributed by atoms with Crippen LogP contribution in [0.5, 0.6) is 0 Å². The van der Waals surface area contributed by atoms with Crippen LogP contribution in [0, 0.1) is 0 Å². The quantitative estimate of drug-likeness (QED) is 0.828. The van der Waals surface area contributed by atoms with E-state index >= 15 is 0 Å². The van der Waals surface area contributed by atoms with Gasteiger partial charge in [-0.1, -0.05) is 38.1 Å². The lowest BCUT2D eigenvalue weighted by Gasteiger charge is -2.51. The molecular weight excluding hydrogens is 220 g/mol. The van der Waals surface area contributed by atoms with Crippen LogP contribution in [0.1, 0.15) is 69.4 Å². The molecule has 3 fully saturated rings. The molecule has 1 nitrogen and oxygen atoms in total. The minimum absolute atomic E-state index is 0.320. The molecule has 3 aliphatic rings. The molecule has 1 N–H and O–H groups in total. The van der Waals surface area contributed by atoms with E-state index in [2.05, 4.69) is 38.1 Å². The maximum absolute atomic E-state index is 10.3. The molecule has 0 radical (unpaired) electrons. The molecule has 2 bridgehead atoms. The Kier molecular flexibility index (Phi) is 2.78. The first kappa shape index (κ1) is 12.2. The fourth-order valence-electron chi connectivity index (χ4n) is 3.82. The minimum atomic E-state index is -0.320. The molecule has 3 aliphatic carbocycles. The van der Waals surface area contributed by atoms with Gasteiger partial charge in [-0.2, -0.15) is 0 Å². The highest BCUT2D eigenvalue weighted by Crippen LogP contribution is 2.53. The van der Waals surface area contributed by atoms with Gasteiger partial charge >= 0.3 is 0 Å². The summed E-state index contributed by atoms with van der Waals surface area (Å²) in [4.78, 5) is 0. The van der Waals surface area contributed by atoms with Gasteiger partial charge in [0.15, 0.2) is 0 Å². The van der Waals surface area contributed by atoms with Crippen molar-refractivity contribution >= 4 is 0 Å². The van der Waals surface area contributed by atoms with Crippen molar-refractivity contribution in [1.82, 2.24) is 0 Å². The highest BCUT2D eigenvalue weighted by atomic mass is 16.3. The van der Waals surface area contributed by atoms with Crippen molar-refractivity contribution in [2.45, 2.75) is 69.3 Å². The van der Waals surface area contributed by atoms with Crippen molar-refractivity contribution in [3.8, 4) is 0 Å². The Labute approximate surface area is 110 Å². The number of benzene rings is 1. The second-order valence-corrected chi connectivity index (χ2v) is 6.78. The average Bonchev–Trinajstić information content (AvgIpc) is 2.40. The zero-order valence-electron chi connectivity index (χ0n) is 11.6. The fraction of sp³-hybridized carbons (Fsp3) is 0.647. The van der Waals surface area contributed by atoms with E-state index in [0.717, 1.165) is 19.3 Å². The smallest absolute Gasteiger partial charge is 0.0648 e. The summed E-state index contributed by atoms with van der Waals surface area (Å²) in [5.74, 6) is 0.611. The summed E-state index contributed by atoms with van der Waals surface area (Å²) in [7, 11) is 0. The van der Waals surface area contributed by atoms with Gasteiger partial charge in [0.25, 0.3) is 0 Å². The van der Waals surface area contributed by atoms with E-state index in [1.54, 1.807) is 0 Å². The van der Waals surface area contributed by atoms with E-state index in [1.165, 1.54) is 30.4 Å². The molecule has 1 aromatic rings. The summed E-state index contributed by atoms with van der Waals surface area (Å²) < 4.78 is 0. The van der Waals surface area contributed by atoms with Crippen LogP contribution in [0.2, 0.25) is 0 Å². The Bertz CT molecular complexity index is 405. The monoisotopic (exact) mass is 244 g/mol. The predicted octanol–water partition coefficient (Wildman–Crippen LogP) is 4.15. The topological polar surface area (TPSA) is 20.2 Å². The third-order valence-corrected chi connectivity index (χ3v) is 5.40. The van der Waals surface area contributed by atoms with E-state index in [9.17, 15) is 5.11 Å². The highest BCUT2D eigenvalue weighted by molar-refractivity contribution is 5.32. The summed E-state index contributed by atoms with van der Waals surface area (Å²) in [6.45, 7) is 4.49. The third kappa shape index (κ3) is 1.89. The Morgan fingerprint density at radius 2 is 1.39 bits per heavy atom. The molecule has 0 unspecified atom stereocenters. The summed E-state index contributed by atoms with van der Waals surface area (Å²) in [6.07, 6.45) is 6.51.